The van der Waals surface area contributed by atoms with E-state index >= 15 is 0 Å². The molecule has 0 aromatic rings. The molecule has 4 heteroatoms. The van der Waals surface area contributed by atoms with Crippen LogP contribution in [0.3, 0.4) is 0 Å². The van der Waals surface area contributed by atoms with Gasteiger partial charge in [0.25, 0.3) is 0 Å². The number of ketones is 1. The van der Waals surface area contributed by atoms with Gasteiger partial charge in [-0.2, -0.15) is 0 Å². The Labute approximate surface area is 99.4 Å². The molecule has 1 aliphatic heterocycles. The number of rotatable bonds is 1. The van der Waals surface area contributed by atoms with Crippen molar-refractivity contribution in [1.29, 1.82) is 0 Å². The van der Waals surface area contributed by atoms with Crippen molar-refractivity contribution in [3.8, 4) is 0 Å². The van der Waals surface area contributed by atoms with Gasteiger partial charge in [-0.05, 0) is 18.4 Å². The number of hydrogen-bond acceptors (Lipinski definition) is 3. The van der Waals surface area contributed by atoms with E-state index in [2.05, 4.69) is 17.1 Å². The SMILES string of the molecule is NC1=C(Cl)C=NC(C2=CCCC=C2)CC1=O. The molecule has 0 saturated heterocycles. The van der Waals surface area contributed by atoms with Gasteiger partial charge in [0.05, 0.1) is 16.8 Å². The van der Waals surface area contributed by atoms with E-state index in [0.29, 0.717) is 6.42 Å². The van der Waals surface area contributed by atoms with E-state index < -0.39 is 0 Å². The molecule has 0 aromatic carbocycles. The summed E-state index contributed by atoms with van der Waals surface area (Å²) in [6.45, 7) is 0. The maximum atomic E-state index is 11.7. The first-order chi connectivity index (χ1) is 7.68. The van der Waals surface area contributed by atoms with Crippen LogP contribution in [0.15, 0.2) is 39.5 Å². The van der Waals surface area contributed by atoms with Crippen LogP contribution in [-0.4, -0.2) is 18.0 Å². The normalized spacial score (nSPS) is 25.7. The number of halogens is 1. The van der Waals surface area contributed by atoms with Crippen molar-refractivity contribution in [1.82, 2.24) is 0 Å². The zero-order valence-electron chi connectivity index (χ0n) is 8.82. The van der Waals surface area contributed by atoms with Crippen LogP contribution in [0.25, 0.3) is 0 Å². The van der Waals surface area contributed by atoms with E-state index in [0.717, 1.165) is 18.4 Å². The predicted octanol–water partition coefficient (Wildman–Crippen LogP) is 2.08. The summed E-state index contributed by atoms with van der Waals surface area (Å²) < 4.78 is 0. The first-order valence-corrected chi connectivity index (χ1v) is 5.64. The maximum absolute atomic E-state index is 11.7. The van der Waals surface area contributed by atoms with Crippen LogP contribution < -0.4 is 5.73 Å². The Kier molecular flexibility index (Phi) is 3.25. The van der Waals surface area contributed by atoms with Crippen LogP contribution in [0.4, 0.5) is 0 Å². The number of carbonyl (C=O) groups is 1. The van der Waals surface area contributed by atoms with Gasteiger partial charge in [0.1, 0.15) is 0 Å². The fraction of sp³-hybridized carbons (Fsp3) is 0.333. The highest BCUT2D eigenvalue weighted by molar-refractivity contribution is 6.41. The smallest absolute Gasteiger partial charge is 0.182 e. The summed E-state index contributed by atoms with van der Waals surface area (Å²) in [5.41, 5.74) is 6.78. The minimum Gasteiger partial charge on any atom is -0.395 e. The third-order valence-corrected chi connectivity index (χ3v) is 3.01. The number of nitrogens with zero attached hydrogens (tertiary/aromatic N) is 1. The molecule has 0 fully saturated rings. The minimum atomic E-state index is -0.140. The van der Waals surface area contributed by atoms with Crippen LogP contribution in [-0.2, 0) is 4.79 Å². The van der Waals surface area contributed by atoms with Crippen LogP contribution in [0.1, 0.15) is 19.3 Å². The van der Waals surface area contributed by atoms with Crippen LogP contribution >= 0.6 is 11.6 Å². The number of aliphatic imine (C=N–C) groups is 1. The van der Waals surface area contributed by atoms with Gasteiger partial charge in [-0.3, -0.25) is 9.79 Å². The molecule has 0 bridgehead atoms. The second-order valence-corrected chi connectivity index (χ2v) is 4.27. The average Bonchev–Trinajstić information content (AvgIpc) is 2.44. The molecule has 1 aliphatic carbocycles. The first kappa shape index (κ1) is 11.1. The van der Waals surface area contributed by atoms with Crippen molar-refractivity contribution in [3.63, 3.8) is 0 Å². The Balaban J connectivity index is 2.22. The van der Waals surface area contributed by atoms with E-state index in [9.17, 15) is 4.79 Å². The van der Waals surface area contributed by atoms with Gasteiger partial charge in [0.2, 0.25) is 0 Å². The fourth-order valence-corrected chi connectivity index (χ4v) is 1.94. The fourth-order valence-electron chi connectivity index (χ4n) is 1.78. The van der Waals surface area contributed by atoms with Gasteiger partial charge in [0, 0.05) is 12.6 Å². The second-order valence-electron chi connectivity index (χ2n) is 3.87. The Morgan fingerprint density at radius 2 is 2.25 bits per heavy atom. The van der Waals surface area contributed by atoms with Gasteiger partial charge in [0.15, 0.2) is 5.78 Å². The topological polar surface area (TPSA) is 55.4 Å². The van der Waals surface area contributed by atoms with E-state index in [1.807, 2.05) is 6.08 Å². The molecule has 1 unspecified atom stereocenters. The molecule has 2 N–H and O–H groups in total. The third-order valence-electron chi connectivity index (χ3n) is 2.71. The lowest BCUT2D eigenvalue weighted by Gasteiger charge is -2.14. The molecule has 16 heavy (non-hydrogen) atoms. The monoisotopic (exact) mass is 236 g/mol. The van der Waals surface area contributed by atoms with Gasteiger partial charge in [-0.15, -0.1) is 0 Å². The molecule has 0 amide bonds. The summed E-state index contributed by atoms with van der Waals surface area (Å²) >= 11 is 5.82. The largest absolute Gasteiger partial charge is 0.395 e. The zero-order valence-corrected chi connectivity index (χ0v) is 9.57. The number of hydrogen-bond donors (Lipinski definition) is 1. The number of Topliss-reactive ketones (excluding diaryl/α,β-unsaturated/α-hetero) is 1. The molecule has 2 aliphatic rings. The van der Waals surface area contributed by atoms with E-state index in [-0.39, 0.29) is 22.6 Å². The number of allylic oxidation sites excluding steroid dienone is 4. The van der Waals surface area contributed by atoms with Gasteiger partial charge in [-0.25, -0.2) is 0 Å². The highest BCUT2D eigenvalue weighted by Crippen LogP contribution is 2.22. The molecule has 2 rings (SSSR count). The van der Waals surface area contributed by atoms with Crippen molar-refractivity contribution in [3.05, 3.63) is 34.5 Å². The first-order valence-electron chi connectivity index (χ1n) is 5.26. The molecule has 84 valence electrons. The summed E-state index contributed by atoms with van der Waals surface area (Å²) in [6, 6.07) is -0.140. The molecule has 3 nitrogen and oxygen atoms in total. The Morgan fingerprint density at radius 3 is 2.94 bits per heavy atom. The van der Waals surface area contributed by atoms with Gasteiger partial charge < -0.3 is 5.73 Å². The highest BCUT2D eigenvalue weighted by Gasteiger charge is 2.21. The molecular weight excluding hydrogens is 224 g/mol. The van der Waals surface area contributed by atoms with Gasteiger partial charge in [-0.1, -0.05) is 29.8 Å². The maximum Gasteiger partial charge on any atom is 0.182 e. The number of carbonyl (C=O) groups excluding carboxylic acids is 1. The van der Waals surface area contributed by atoms with E-state index in [4.69, 9.17) is 17.3 Å². The summed E-state index contributed by atoms with van der Waals surface area (Å²) in [5, 5.41) is 0.243. The predicted molar refractivity (Wildman–Crippen MR) is 65.4 cm³/mol. The summed E-state index contributed by atoms with van der Waals surface area (Å²) in [6.07, 6.45) is 10.1. The van der Waals surface area contributed by atoms with Crippen molar-refractivity contribution in [2.24, 2.45) is 10.7 Å². The summed E-state index contributed by atoms with van der Waals surface area (Å²) in [5.74, 6) is -0.132. The van der Waals surface area contributed by atoms with Gasteiger partial charge >= 0.3 is 0 Å². The zero-order chi connectivity index (χ0) is 11.5. The van der Waals surface area contributed by atoms with Crippen LogP contribution in [0.2, 0.25) is 0 Å². The second kappa shape index (κ2) is 4.66. The van der Waals surface area contributed by atoms with Crippen molar-refractivity contribution in [2.75, 3.05) is 0 Å². The van der Waals surface area contributed by atoms with Crippen molar-refractivity contribution in [2.45, 2.75) is 25.3 Å². The Hall–Kier alpha value is -1.35. The Morgan fingerprint density at radius 1 is 1.44 bits per heavy atom. The molecule has 0 aromatic heterocycles. The molecule has 0 spiro atoms. The summed E-state index contributed by atoms with van der Waals surface area (Å²) in [7, 11) is 0. The van der Waals surface area contributed by atoms with Crippen LogP contribution in [0, 0.1) is 0 Å². The van der Waals surface area contributed by atoms with E-state index in [1.54, 1.807) is 0 Å². The lowest BCUT2D eigenvalue weighted by molar-refractivity contribution is -0.115. The summed E-state index contributed by atoms with van der Waals surface area (Å²) in [4.78, 5) is 16.0. The minimum absolute atomic E-state index is 0.119. The third kappa shape index (κ3) is 2.25. The lowest BCUT2D eigenvalue weighted by atomic mass is 9.96. The Bertz CT molecular complexity index is 432. The molecule has 1 atom stereocenters. The van der Waals surface area contributed by atoms with E-state index in [1.165, 1.54) is 6.21 Å². The quantitative estimate of drug-likeness (QED) is 0.758. The molecule has 0 radical (unpaired) electrons. The van der Waals surface area contributed by atoms with Crippen molar-refractivity contribution < 1.29 is 4.79 Å². The average molecular weight is 237 g/mol. The van der Waals surface area contributed by atoms with Crippen molar-refractivity contribution >= 4 is 23.6 Å². The standard InChI is InChI=1S/C12H13ClN2O/c13-9-7-15-10(6-11(16)12(9)14)8-4-2-1-3-5-8/h2,4-5,7,10H,1,3,6,14H2. The molecule has 0 saturated carbocycles. The highest BCUT2D eigenvalue weighted by atomic mass is 35.5. The molecular formula is C12H13ClN2O. The molecule has 1 heterocycles. The number of nitrogens with two attached hydrogens (primary N) is 1. The lowest BCUT2D eigenvalue weighted by Crippen LogP contribution is -2.18. The van der Waals surface area contributed by atoms with Crippen LogP contribution in [0.5, 0.6) is 0 Å².